The quantitative estimate of drug-likeness (QED) is 0.855. The maximum Gasteiger partial charge on any atom is 0.0898 e. The first-order valence-electron chi connectivity index (χ1n) is 6.59. The molecule has 1 N–H and O–H groups in total. The zero-order valence-corrected chi connectivity index (χ0v) is 12.9. The summed E-state index contributed by atoms with van der Waals surface area (Å²) in [5, 5.41) is 7.63. The van der Waals surface area contributed by atoms with Gasteiger partial charge in [0.15, 0.2) is 0 Å². The molecule has 1 unspecified atom stereocenters. The molecule has 2 aromatic rings. The molecule has 19 heavy (non-hydrogen) atoms. The fraction of sp³-hybridized carbons (Fsp3) is 0.400. The van der Waals surface area contributed by atoms with E-state index in [-0.39, 0.29) is 6.04 Å². The van der Waals surface area contributed by atoms with Gasteiger partial charge in [0.2, 0.25) is 0 Å². The topological polar surface area (TPSA) is 24.9 Å². The smallest absolute Gasteiger partial charge is 0.0898 e. The molecule has 0 aliphatic carbocycles. The lowest BCUT2D eigenvalue weighted by Crippen LogP contribution is -2.24. The number of halogens is 1. The number of hydrogen-bond donors (Lipinski definition) is 1. The number of hydrogen-bond acceptors (Lipinski definition) is 3. The molecule has 2 rings (SSSR count). The Labute approximate surface area is 123 Å². The van der Waals surface area contributed by atoms with E-state index in [2.05, 4.69) is 34.7 Å². The number of nitrogens with one attached hydrogen (secondary N) is 1. The molecular weight excluding hydrogens is 276 g/mol. The van der Waals surface area contributed by atoms with Crippen molar-refractivity contribution in [2.45, 2.75) is 32.7 Å². The van der Waals surface area contributed by atoms with E-state index in [9.17, 15) is 0 Å². The molecule has 0 saturated heterocycles. The van der Waals surface area contributed by atoms with Crippen LogP contribution in [0.1, 0.15) is 35.7 Å². The second kappa shape index (κ2) is 7.04. The number of nitrogens with zero attached hydrogens (tertiary/aromatic N) is 1. The standard InChI is InChI=1S/C15H19ClN2S/c1-3-8-17-14(15-10-19-11(2)18-15)9-12-4-6-13(16)7-5-12/h4-7,10,14,17H,3,8-9H2,1-2H3. The van der Waals surface area contributed by atoms with Gasteiger partial charge in [0, 0.05) is 10.4 Å². The Hall–Kier alpha value is -0.900. The Kier molecular flexibility index (Phi) is 5.37. The Balaban J connectivity index is 2.11. The summed E-state index contributed by atoms with van der Waals surface area (Å²) in [6.07, 6.45) is 2.07. The average molecular weight is 295 g/mol. The Bertz CT molecular complexity index is 507. The first-order chi connectivity index (χ1) is 9.19. The third kappa shape index (κ3) is 4.30. The third-order valence-electron chi connectivity index (χ3n) is 2.99. The lowest BCUT2D eigenvalue weighted by molar-refractivity contribution is 0.519. The van der Waals surface area contributed by atoms with Crippen molar-refractivity contribution in [3.63, 3.8) is 0 Å². The Morgan fingerprint density at radius 3 is 2.63 bits per heavy atom. The predicted molar refractivity (Wildman–Crippen MR) is 83.0 cm³/mol. The van der Waals surface area contributed by atoms with Crippen molar-refractivity contribution >= 4 is 22.9 Å². The van der Waals surface area contributed by atoms with Crippen molar-refractivity contribution in [2.24, 2.45) is 0 Å². The summed E-state index contributed by atoms with van der Waals surface area (Å²) >= 11 is 7.63. The van der Waals surface area contributed by atoms with Gasteiger partial charge in [-0.05, 0) is 44.0 Å². The van der Waals surface area contributed by atoms with Crippen molar-refractivity contribution in [3.8, 4) is 0 Å². The highest BCUT2D eigenvalue weighted by Crippen LogP contribution is 2.21. The highest BCUT2D eigenvalue weighted by Gasteiger charge is 2.14. The van der Waals surface area contributed by atoms with Crippen LogP contribution in [0.4, 0.5) is 0 Å². The maximum atomic E-state index is 5.93. The molecule has 4 heteroatoms. The molecule has 0 aliphatic heterocycles. The number of rotatable bonds is 6. The van der Waals surface area contributed by atoms with Crippen LogP contribution < -0.4 is 5.32 Å². The summed E-state index contributed by atoms with van der Waals surface area (Å²) in [6.45, 7) is 5.24. The number of thiazole rings is 1. The normalized spacial score (nSPS) is 12.6. The minimum atomic E-state index is 0.283. The van der Waals surface area contributed by atoms with Gasteiger partial charge in [0.1, 0.15) is 0 Å². The molecule has 0 spiro atoms. The predicted octanol–water partition coefficient (Wildman–Crippen LogP) is 4.39. The maximum absolute atomic E-state index is 5.93. The molecule has 1 heterocycles. The van der Waals surface area contributed by atoms with Crippen LogP contribution in [-0.4, -0.2) is 11.5 Å². The van der Waals surface area contributed by atoms with Crippen LogP contribution in [0.25, 0.3) is 0 Å². The van der Waals surface area contributed by atoms with Crippen molar-refractivity contribution in [1.82, 2.24) is 10.3 Å². The van der Waals surface area contributed by atoms with Crippen molar-refractivity contribution in [3.05, 3.63) is 50.9 Å². The molecule has 0 aliphatic rings. The van der Waals surface area contributed by atoms with Crippen LogP contribution in [0.2, 0.25) is 5.02 Å². The lowest BCUT2D eigenvalue weighted by atomic mass is 10.0. The minimum Gasteiger partial charge on any atom is -0.308 e. The molecule has 1 aromatic heterocycles. The van der Waals surface area contributed by atoms with E-state index in [1.54, 1.807) is 11.3 Å². The number of aryl methyl sites for hydroxylation is 1. The molecule has 1 atom stereocenters. The monoisotopic (exact) mass is 294 g/mol. The van der Waals surface area contributed by atoms with Crippen molar-refractivity contribution in [1.29, 1.82) is 0 Å². The summed E-state index contributed by atoms with van der Waals surface area (Å²) in [5.41, 5.74) is 2.43. The van der Waals surface area contributed by atoms with E-state index >= 15 is 0 Å². The van der Waals surface area contributed by atoms with E-state index < -0.39 is 0 Å². The Morgan fingerprint density at radius 2 is 2.05 bits per heavy atom. The van der Waals surface area contributed by atoms with Crippen LogP contribution >= 0.6 is 22.9 Å². The lowest BCUT2D eigenvalue weighted by Gasteiger charge is -2.16. The van der Waals surface area contributed by atoms with Crippen LogP contribution in [0, 0.1) is 6.92 Å². The summed E-state index contributed by atoms with van der Waals surface area (Å²) in [5.74, 6) is 0. The fourth-order valence-electron chi connectivity index (χ4n) is 2.00. The molecule has 0 fully saturated rings. The second-order valence-corrected chi connectivity index (χ2v) is 6.13. The molecule has 0 bridgehead atoms. The van der Waals surface area contributed by atoms with Gasteiger partial charge in [0.05, 0.1) is 16.7 Å². The average Bonchev–Trinajstić information content (AvgIpc) is 2.83. The van der Waals surface area contributed by atoms with Crippen LogP contribution in [0.5, 0.6) is 0 Å². The molecule has 0 saturated carbocycles. The van der Waals surface area contributed by atoms with Gasteiger partial charge < -0.3 is 5.32 Å². The zero-order valence-electron chi connectivity index (χ0n) is 11.3. The van der Waals surface area contributed by atoms with Gasteiger partial charge in [-0.1, -0.05) is 30.7 Å². The van der Waals surface area contributed by atoms with Gasteiger partial charge in [-0.15, -0.1) is 11.3 Å². The zero-order chi connectivity index (χ0) is 13.7. The third-order valence-corrected chi connectivity index (χ3v) is 4.03. The van der Waals surface area contributed by atoms with E-state index in [0.29, 0.717) is 0 Å². The van der Waals surface area contributed by atoms with Gasteiger partial charge in [-0.25, -0.2) is 4.98 Å². The summed E-state index contributed by atoms with van der Waals surface area (Å²) in [6, 6.07) is 8.34. The summed E-state index contributed by atoms with van der Waals surface area (Å²) < 4.78 is 0. The first-order valence-corrected chi connectivity index (χ1v) is 7.84. The highest BCUT2D eigenvalue weighted by molar-refractivity contribution is 7.09. The van der Waals surface area contributed by atoms with Gasteiger partial charge in [0.25, 0.3) is 0 Å². The molecule has 2 nitrogen and oxygen atoms in total. The highest BCUT2D eigenvalue weighted by atomic mass is 35.5. The molecule has 1 aromatic carbocycles. The van der Waals surface area contributed by atoms with Gasteiger partial charge in [-0.2, -0.15) is 0 Å². The number of benzene rings is 1. The SMILES string of the molecule is CCCNC(Cc1ccc(Cl)cc1)c1csc(C)n1. The van der Waals surface area contributed by atoms with Crippen molar-refractivity contribution in [2.75, 3.05) is 6.54 Å². The van der Waals surface area contributed by atoms with Gasteiger partial charge >= 0.3 is 0 Å². The number of aromatic nitrogens is 1. The van der Waals surface area contributed by atoms with Crippen LogP contribution in [0.15, 0.2) is 29.6 Å². The Morgan fingerprint density at radius 1 is 1.32 bits per heavy atom. The second-order valence-electron chi connectivity index (χ2n) is 4.63. The van der Waals surface area contributed by atoms with Gasteiger partial charge in [-0.3, -0.25) is 0 Å². The van der Waals surface area contributed by atoms with Crippen molar-refractivity contribution < 1.29 is 0 Å². The van der Waals surface area contributed by atoms with Crippen LogP contribution in [0.3, 0.4) is 0 Å². The molecule has 0 amide bonds. The van der Waals surface area contributed by atoms with E-state index in [0.717, 1.165) is 35.1 Å². The molecule has 102 valence electrons. The molecular formula is C15H19ClN2S. The van der Waals surface area contributed by atoms with E-state index in [1.165, 1.54) is 5.56 Å². The van der Waals surface area contributed by atoms with E-state index in [1.807, 2.05) is 19.1 Å². The molecule has 0 radical (unpaired) electrons. The van der Waals surface area contributed by atoms with Crippen LogP contribution in [-0.2, 0) is 6.42 Å². The summed E-state index contributed by atoms with van der Waals surface area (Å²) in [4.78, 5) is 4.61. The first kappa shape index (κ1) is 14.5. The van der Waals surface area contributed by atoms with E-state index in [4.69, 9.17) is 11.6 Å². The summed E-state index contributed by atoms with van der Waals surface area (Å²) in [7, 11) is 0. The largest absolute Gasteiger partial charge is 0.308 e. The fourth-order valence-corrected chi connectivity index (χ4v) is 2.79. The minimum absolute atomic E-state index is 0.283.